The Morgan fingerprint density at radius 2 is 1.96 bits per heavy atom. The molecule has 1 aliphatic rings. The molecule has 0 radical (unpaired) electrons. The Morgan fingerprint density at radius 3 is 2.64 bits per heavy atom. The minimum Gasteiger partial charge on any atom is -0.322 e. The van der Waals surface area contributed by atoms with Crippen molar-refractivity contribution in [3.63, 3.8) is 0 Å². The summed E-state index contributed by atoms with van der Waals surface area (Å²) in [4.78, 5) is 12.6. The van der Waals surface area contributed by atoms with Gasteiger partial charge in [-0.1, -0.05) is 17.7 Å². The average Bonchev–Trinajstić information content (AvgIpc) is 2.85. The van der Waals surface area contributed by atoms with E-state index in [1.54, 1.807) is 30.3 Å². The van der Waals surface area contributed by atoms with E-state index in [1.165, 1.54) is 10.6 Å². The molecule has 7 heteroatoms. The van der Waals surface area contributed by atoms with Crippen LogP contribution in [-0.4, -0.2) is 26.6 Å². The van der Waals surface area contributed by atoms with Gasteiger partial charge >= 0.3 is 0 Å². The number of hydrogen-bond acceptors (Lipinski definition) is 3. The van der Waals surface area contributed by atoms with E-state index >= 15 is 0 Å². The molecule has 25 heavy (non-hydrogen) atoms. The third-order valence-electron chi connectivity index (χ3n) is 4.30. The maximum atomic E-state index is 12.6. The second-order valence-electron chi connectivity index (χ2n) is 6.37. The number of fused-ring (bicyclic) bond motifs is 1. The second-order valence-corrected chi connectivity index (χ2v) is 8.66. The van der Waals surface area contributed by atoms with E-state index in [4.69, 9.17) is 11.6 Å². The van der Waals surface area contributed by atoms with Gasteiger partial charge in [-0.2, -0.15) is 0 Å². The maximum absolute atomic E-state index is 12.6. The normalized spacial score (nSPS) is 16.6. The van der Waals surface area contributed by atoms with E-state index in [0.29, 0.717) is 28.4 Å². The molecule has 3 rings (SSSR count). The number of aryl methyl sites for hydroxylation is 1. The Bertz CT molecular complexity index is 957. The van der Waals surface area contributed by atoms with Crippen LogP contribution in [0.3, 0.4) is 0 Å². The molecule has 0 aliphatic carbocycles. The van der Waals surface area contributed by atoms with Gasteiger partial charge in [0.1, 0.15) is 0 Å². The van der Waals surface area contributed by atoms with Crippen molar-refractivity contribution in [1.82, 2.24) is 0 Å². The number of benzene rings is 2. The highest BCUT2D eigenvalue weighted by atomic mass is 35.5. The molecule has 1 aliphatic heterocycles. The Balaban J connectivity index is 1.89. The summed E-state index contributed by atoms with van der Waals surface area (Å²) < 4.78 is 25.3. The average molecular weight is 379 g/mol. The SMILES string of the molecule is Cc1ccc(Cl)cc1NC(=O)c1ccc2c(c1)CC(C)N2S(C)(=O)=O. The van der Waals surface area contributed by atoms with E-state index in [1.807, 2.05) is 19.9 Å². The van der Waals surface area contributed by atoms with Crippen molar-refractivity contribution in [2.75, 3.05) is 15.9 Å². The summed E-state index contributed by atoms with van der Waals surface area (Å²) in [5.74, 6) is -0.251. The number of hydrogen-bond donors (Lipinski definition) is 1. The molecule has 1 unspecified atom stereocenters. The fourth-order valence-corrected chi connectivity index (χ4v) is 4.61. The first-order valence-corrected chi connectivity index (χ1v) is 10.1. The van der Waals surface area contributed by atoms with Gasteiger partial charge in [-0.05, 0) is 61.7 Å². The Hall–Kier alpha value is -2.05. The number of nitrogens with one attached hydrogen (secondary N) is 1. The van der Waals surface area contributed by atoms with Gasteiger partial charge in [-0.3, -0.25) is 9.10 Å². The summed E-state index contributed by atoms with van der Waals surface area (Å²) in [5.41, 5.74) is 3.56. The summed E-state index contributed by atoms with van der Waals surface area (Å²) in [6, 6.07) is 10.2. The molecule has 0 aromatic heterocycles. The molecular weight excluding hydrogens is 360 g/mol. The van der Waals surface area contributed by atoms with Crippen LogP contribution in [0.25, 0.3) is 0 Å². The predicted molar refractivity (Wildman–Crippen MR) is 101 cm³/mol. The highest BCUT2D eigenvalue weighted by Gasteiger charge is 2.32. The molecule has 0 saturated heterocycles. The smallest absolute Gasteiger partial charge is 0.255 e. The molecule has 1 heterocycles. The number of carbonyl (C=O) groups excluding carboxylic acids is 1. The first-order valence-electron chi connectivity index (χ1n) is 7.86. The predicted octanol–water partition coefficient (Wildman–Crippen LogP) is 3.61. The number of nitrogens with zero attached hydrogens (tertiary/aromatic N) is 1. The zero-order valence-corrected chi connectivity index (χ0v) is 15.8. The molecule has 1 atom stereocenters. The highest BCUT2D eigenvalue weighted by molar-refractivity contribution is 7.92. The van der Waals surface area contributed by atoms with Gasteiger partial charge in [-0.25, -0.2) is 8.42 Å². The van der Waals surface area contributed by atoms with Crippen LogP contribution < -0.4 is 9.62 Å². The lowest BCUT2D eigenvalue weighted by Gasteiger charge is -2.21. The van der Waals surface area contributed by atoms with Crippen molar-refractivity contribution >= 4 is 38.9 Å². The monoisotopic (exact) mass is 378 g/mol. The van der Waals surface area contributed by atoms with Gasteiger partial charge in [0.05, 0.1) is 11.9 Å². The van der Waals surface area contributed by atoms with Crippen LogP contribution in [0.5, 0.6) is 0 Å². The molecule has 1 N–H and O–H groups in total. The van der Waals surface area contributed by atoms with Crippen molar-refractivity contribution < 1.29 is 13.2 Å². The standard InChI is InChI=1S/C18H19ClN2O3S/c1-11-4-6-15(19)10-16(11)20-18(22)13-5-7-17-14(9-13)8-12(2)21(17)25(3,23)24/h4-7,9-10,12H,8H2,1-3H3,(H,20,22). The minimum absolute atomic E-state index is 0.154. The molecule has 0 spiro atoms. The topological polar surface area (TPSA) is 66.5 Å². The van der Waals surface area contributed by atoms with Crippen molar-refractivity contribution in [1.29, 1.82) is 0 Å². The van der Waals surface area contributed by atoms with E-state index < -0.39 is 10.0 Å². The van der Waals surface area contributed by atoms with E-state index in [0.717, 1.165) is 11.1 Å². The van der Waals surface area contributed by atoms with Crippen LogP contribution in [0.2, 0.25) is 5.02 Å². The van der Waals surface area contributed by atoms with Crippen LogP contribution in [0.15, 0.2) is 36.4 Å². The van der Waals surface area contributed by atoms with Crippen molar-refractivity contribution in [3.05, 3.63) is 58.1 Å². The van der Waals surface area contributed by atoms with Crippen LogP contribution in [0.4, 0.5) is 11.4 Å². The third kappa shape index (κ3) is 3.50. The summed E-state index contributed by atoms with van der Waals surface area (Å²) in [6.45, 7) is 3.75. The Labute approximate surface area is 152 Å². The number of amides is 1. The molecule has 2 aromatic carbocycles. The van der Waals surface area contributed by atoms with Crippen LogP contribution in [0, 0.1) is 6.92 Å². The Kier molecular flexibility index (Phi) is 4.51. The number of carbonyl (C=O) groups is 1. The first-order chi connectivity index (χ1) is 11.7. The molecule has 0 fully saturated rings. The van der Waals surface area contributed by atoms with Crippen molar-refractivity contribution in [2.24, 2.45) is 0 Å². The molecule has 2 aromatic rings. The van der Waals surface area contributed by atoms with E-state index in [9.17, 15) is 13.2 Å². The van der Waals surface area contributed by atoms with Crippen molar-refractivity contribution in [2.45, 2.75) is 26.3 Å². The van der Waals surface area contributed by atoms with Crippen LogP contribution in [-0.2, 0) is 16.4 Å². The highest BCUT2D eigenvalue weighted by Crippen LogP contribution is 2.35. The summed E-state index contributed by atoms with van der Waals surface area (Å²) >= 11 is 5.98. The van der Waals surface area contributed by atoms with E-state index in [2.05, 4.69) is 5.32 Å². The maximum Gasteiger partial charge on any atom is 0.255 e. The zero-order valence-electron chi connectivity index (χ0n) is 14.2. The molecule has 5 nitrogen and oxygen atoms in total. The molecule has 0 saturated carbocycles. The van der Waals surface area contributed by atoms with Crippen LogP contribution >= 0.6 is 11.6 Å². The van der Waals surface area contributed by atoms with Gasteiger partial charge in [-0.15, -0.1) is 0 Å². The molecule has 1 amide bonds. The zero-order chi connectivity index (χ0) is 18.4. The van der Waals surface area contributed by atoms with Gasteiger partial charge in [0.2, 0.25) is 10.0 Å². The quantitative estimate of drug-likeness (QED) is 0.887. The Morgan fingerprint density at radius 1 is 1.24 bits per heavy atom. The minimum atomic E-state index is -3.34. The molecule has 132 valence electrons. The number of halogens is 1. The molecular formula is C18H19ClN2O3S. The summed E-state index contributed by atoms with van der Waals surface area (Å²) in [7, 11) is -3.34. The summed E-state index contributed by atoms with van der Waals surface area (Å²) in [6.07, 6.45) is 1.78. The first kappa shape index (κ1) is 17.8. The summed E-state index contributed by atoms with van der Waals surface area (Å²) in [5, 5.41) is 3.40. The molecule has 0 bridgehead atoms. The van der Waals surface area contributed by atoms with Gasteiger partial charge in [0.15, 0.2) is 0 Å². The fourth-order valence-electron chi connectivity index (χ4n) is 3.17. The van der Waals surface area contributed by atoms with E-state index in [-0.39, 0.29) is 11.9 Å². The number of anilines is 2. The largest absolute Gasteiger partial charge is 0.322 e. The fraction of sp³-hybridized carbons (Fsp3) is 0.278. The van der Waals surface area contributed by atoms with Gasteiger partial charge in [0.25, 0.3) is 5.91 Å². The van der Waals surface area contributed by atoms with Crippen molar-refractivity contribution in [3.8, 4) is 0 Å². The lowest BCUT2D eigenvalue weighted by molar-refractivity contribution is 0.102. The van der Waals surface area contributed by atoms with Gasteiger partial charge in [0, 0.05) is 22.3 Å². The van der Waals surface area contributed by atoms with Gasteiger partial charge < -0.3 is 5.32 Å². The lowest BCUT2D eigenvalue weighted by Crippen LogP contribution is -2.34. The number of sulfonamides is 1. The second kappa shape index (κ2) is 6.35. The third-order valence-corrected chi connectivity index (χ3v) is 5.81. The number of rotatable bonds is 3. The van der Waals surface area contributed by atoms with Crippen LogP contribution in [0.1, 0.15) is 28.4 Å². The lowest BCUT2D eigenvalue weighted by atomic mass is 10.1.